The van der Waals surface area contributed by atoms with Crippen molar-refractivity contribution in [3.63, 3.8) is 0 Å². The monoisotopic (exact) mass is 284 g/mol. The van der Waals surface area contributed by atoms with Crippen LogP contribution >= 0.6 is 0 Å². The molecule has 0 aromatic heterocycles. The molecule has 1 unspecified atom stereocenters. The molecule has 0 aliphatic rings. The van der Waals surface area contributed by atoms with Gasteiger partial charge in [-0.15, -0.1) is 0 Å². The van der Waals surface area contributed by atoms with Crippen LogP contribution in [0.1, 0.15) is 32.3 Å². The molecule has 3 N–H and O–H groups in total. The molecule has 5 nitrogen and oxygen atoms in total. The maximum absolute atomic E-state index is 11.7. The van der Waals surface area contributed by atoms with E-state index in [2.05, 4.69) is 5.32 Å². The van der Waals surface area contributed by atoms with E-state index in [0.717, 1.165) is 12.8 Å². The standard InChI is InChI=1S/C13H20N2O3S/c1-3-5-10(2)13(16)15-9-11-6-4-7-12(8-11)19(14,17)18/h4,6-8,10H,3,5,9H2,1-2H3,(H,15,16)(H2,14,17,18). The molecule has 0 saturated carbocycles. The summed E-state index contributed by atoms with van der Waals surface area (Å²) < 4.78 is 22.4. The van der Waals surface area contributed by atoms with Crippen molar-refractivity contribution in [1.29, 1.82) is 0 Å². The fourth-order valence-corrected chi connectivity index (χ4v) is 2.34. The normalized spacial score (nSPS) is 13.0. The number of nitrogens with one attached hydrogen (secondary N) is 1. The van der Waals surface area contributed by atoms with Gasteiger partial charge in [-0.1, -0.05) is 32.4 Å². The summed E-state index contributed by atoms with van der Waals surface area (Å²) in [5, 5.41) is 7.84. The maximum atomic E-state index is 11.7. The van der Waals surface area contributed by atoms with Crippen molar-refractivity contribution in [2.45, 2.75) is 38.1 Å². The Labute approximate surface area is 114 Å². The lowest BCUT2D eigenvalue weighted by Gasteiger charge is -2.11. The summed E-state index contributed by atoms with van der Waals surface area (Å²) in [6.07, 6.45) is 1.79. The van der Waals surface area contributed by atoms with Gasteiger partial charge in [0, 0.05) is 12.5 Å². The SMILES string of the molecule is CCCC(C)C(=O)NCc1cccc(S(N)(=O)=O)c1. The second kappa shape index (κ2) is 6.68. The smallest absolute Gasteiger partial charge is 0.238 e. The molecule has 1 aromatic carbocycles. The largest absolute Gasteiger partial charge is 0.352 e. The van der Waals surface area contributed by atoms with E-state index in [0.29, 0.717) is 12.1 Å². The van der Waals surface area contributed by atoms with E-state index in [-0.39, 0.29) is 16.7 Å². The Morgan fingerprint density at radius 3 is 2.68 bits per heavy atom. The van der Waals surface area contributed by atoms with Crippen LogP contribution in [0.15, 0.2) is 29.2 Å². The topological polar surface area (TPSA) is 89.3 Å². The molecule has 0 fully saturated rings. The van der Waals surface area contributed by atoms with Crippen molar-refractivity contribution in [2.75, 3.05) is 0 Å². The molecule has 6 heteroatoms. The van der Waals surface area contributed by atoms with Crippen LogP contribution in [0.25, 0.3) is 0 Å². The fraction of sp³-hybridized carbons (Fsp3) is 0.462. The van der Waals surface area contributed by atoms with E-state index in [9.17, 15) is 13.2 Å². The zero-order valence-electron chi connectivity index (χ0n) is 11.2. The minimum atomic E-state index is -3.70. The summed E-state index contributed by atoms with van der Waals surface area (Å²) in [6.45, 7) is 4.20. The van der Waals surface area contributed by atoms with E-state index in [1.165, 1.54) is 12.1 Å². The molecule has 0 aliphatic carbocycles. The Kier molecular flexibility index (Phi) is 5.50. The second-order valence-electron chi connectivity index (χ2n) is 4.60. The van der Waals surface area contributed by atoms with Crippen LogP contribution in [0.5, 0.6) is 0 Å². The summed E-state index contributed by atoms with van der Waals surface area (Å²) in [7, 11) is -3.70. The molecular weight excluding hydrogens is 264 g/mol. The van der Waals surface area contributed by atoms with Gasteiger partial charge in [0.1, 0.15) is 0 Å². The predicted molar refractivity (Wildman–Crippen MR) is 73.7 cm³/mol. The third kappa shape index (κ3) is 5.00. The van der Waals surface area contributed by atoms with Crippen molar-refractivity contribution in [3.05, 3.63) is 29.8 Å². The van der Waals surface area contributed by atoms with Crippen LogP contribution in [-0.2, 0) is 21.4 Å². The van der Waals surface area contributed by atoms with Crippen molar-refractivity contribution in [3.8, 4) is 0 Å². The highest BCUT2D eigenvalue weighted by Gasteiger charge is 2.12. The predicted octanol–water partition coefficient (Wildman–Crippen LogP) is 1.39. The minimum absolute atomic E-state index is 0.0251. The van der Waals surface area contributed by atoms with Gasteiger partial charge >= 0.3 is 0 Å². The van der Waals surface area contributed by atoms with Crippen molar-refractivity contribution >= 4 is 15.9 Å². The molecule has 19 heavy (non-hydrogen) atoms. The van der Waals surface area contributed by atoms with Gasteiger partial charge in [-0.05, 0) is 24.1 Å². The third-order valence-electron chi connectivity index (χ3n) is 2.86. The molecule has 106 valence electrons. The van der Waals surface area contributed by atoms with E-state index in [4.69, 9.17) is 5.14 Å². The molecule has 1 aromatic rings. The Hall–Kier alpha value is -1.40. The first kappa shape index (κ1) is 15.7. The highest BCUT2D eigenvalue weighted by atomic mass is 32.2. The van der Waals surface area contributed by atoms with Gasteiger partial charge in [0.25, 0.3) is 0 Å². The Bertz CT molecular complexity index is 541. The van der Waals surface area contributed by atoms with Crippen molar-refractivity contribution < 1.29 is 13.2 Å². The Morgan fingerprint density at radius 1 is 1.42 bits per heavy atom. The Morgan fingerprint density at radius 2 is 2.11 bits per heavy atom. The molecule has 1 amide bonds. The molecule has 1 atom stereocenters. The minimum Gasteiger partial charge on any atom is -0.352 e. The first-order chi connectivity index (χ1) is 8.84. The summed E-state index contributed by atoms with van der Waals surface area (Å²) in [5.41, 5.74) is 0.712. The number of rotatable bonds is 6. The number of sulfonamides is 1. The second-order valence-corrected chi connectivity index (χ2v) is 6.16. The number of amides is 1. The number of benzene rings is 1. The quantitative estimate of drug-likeness (QED) is 0.827. The molecule has 1 rings (SSSR count). The summed E-state index contributed by atoms with van der Waals surface area (Å²) in [5.74, 6) is -0.0608. The lowest BCUT2D eigenvalue weighted by Crippen LogP contribution is -2.28. The average Bonchev–Trinajstić information content (AvgIpc) is 2.35. The Balaban J connectivity index is 2.66. The van der Waals surface area contributed by atoms with Crippen LogP contribution < -0.4 is 10.5 Å². The van der Waals surface area contributed by atoms with Gasteiger partial charge in [-0.25, -0.2) is 13.6 Å². The van der Waals surface area contributed by atoms with Gasteiger partial charge < -0.3 is 5.32 Å². The lowest BCUT2D eigenvalue weighted by molar-refractivity contribution is -0.124. The van der Waals surface area contributed by atoms with Crippen LogP contribution in [0.3, 0.4) is 0 Å². The zero-order chi connectivity index (χ0) is 14.5. The highest BCUT2D eigenvalue weighted by molar-refractivity contribution is 7.89. The maximum Gasteiger partial charge on any atom is 0.238 e. The van der Waals surface area contributed by atoms with Gasteiger partial charge in [0.2, 0.25) is 15.9 Å². The van der Waals surface area contributed by atoms with Gasteiger partial charge in [0.15, 0.2) is 0 Å². The summed E-state index contributed by atoms with van der Waals surface area (Å²) in [6, 6.07) is 6.26. The first-order valence-corrected chi connectivity index (χ1v) is 7.78. The van der Waals surface area contributed by atoms with Crippen LogP contribution in [0.4, 0.5) is 0 Å². The van der Waals surface area contributed by atoms with E-state index in [1.54, 1.807) is 12.1 Å². The van der Waals surface area contributed by atoms with Crippen LogP contribution in [0, 0.1) is 5.92 Å². The zero-order valence-corrected chi connectivity index (χ0v) is 12.0. The molecular formula is C13H20N2O3S. The molecule has 0 heterocycles. The van der Waals surface area contributed by atoms with Crippen molar-refractivity contribution in [2.24, 2.45) is 11.1 Å². The van der Waals surface area contributed by atoms with Crippen LogP contribution in [-0.4, -0.2) is 14.3 Å². The number of carbonyl (C=O) groups is 1. The van der Waals surface area contributed by atoms with Gasteiger partial charge in [0.05, 0.1) is 4.90 Å². The highest BCUT2D eigenvalue weighted by Crippen LogP contribution is 2.10. The lowest BCUT2D eigenvalue weighted by atomic mass is 10.1. The molecule has 0 aliphatic heterocycles. The first-order valence-electron chi connectivity index (χ1n) is 6.24. The number of hydrogen-bond acceptors (Lipinski definition) is 3. The molecule has 0 spiro atoms. The number of nitrogens with two attached hydrogens (primary N) is 1. The fourth-order valence-electron chi connectivity index (χ4n) is 1.76. The third-order valence-corrected chi connectivity index (χ3v) is 3.77. The molecule has 0 radical (unpaired) electrons. The van der Waals surface area contributed by atoms with Crippen molar-refractivity contribution in [1.82, 2.24) is 5.32 Å². The van der Waals surface area contributed by atoms with E-state index in [1.807, 2.05) is 13.8 Å². The number of primary sulfonamides is 1. The van der Waals surface area contributed by atoms with Gasteiger partial charge in [-0.2, -0.15) is 0 Å². The van der Waals surface area contributed by atoms with Crippen LogP contribution in [0.2, 0.25) is 0 Å². The summed E-state index contributed by atoms with van der Waals surface area (Å²) in [4.78, 5) is 11.8. The number of hydrogen-bond donors (Lipinski definition) is 2. The molecule has 0 saturated heterocycles. The number of carbonyl (C=O) groups excluding carboxylic acids is 1. The average molecular weight is 284 g/mol. The summed E-state index contributed by atoms with van der Waals surface area (Å²) >= 11 is 0. The van der Waals surface area contributed by atoms with E-state index >= 15 is 0 Å². The van der Waals surface area contributed by atoms with Gasteiger partial charge in [-0.3, -0.25) is 4.79 Å². The van der Waals surface area contributed by atoms with E-state index < -0.39 is 10.0 Å². The molecule has 0 bridgehead atoms.